The van der Waals surface area contributed by atoms with Crippen LogP contribution in [0.1, 0.15) is 53.8 Å². The predicted molar refractivity (Wildman–Crippen MR) is 107 cm³/mol. The van der Waals surface area contributed by atoms with Gasteiger partial charge in [-0.2, -0.15) is 0 Å². The minimum atomic E-state index is -0.775. The van der Waals surface area contributed by atoms with Gasteiger partial charge in [0.2, 0.25) is 0 Å². The number of amides is 1. The van der Waals surface area contributed by atoms with E-state index in [2.05, 4.69) is 34.8 Å². The Morgan fingerprint density at radius 1 is 1.18 bits per heavy atom. The molecule has 1 aromatic carbocycles. The Balaban J connectivity index is 2.02. The second-order valence-corrected chi connectivity index (χ2v) is 7.35. The Morgan fingerprint density at radius 3 is 2.50 bits per heavy atom. The van der Waals surface area contributed by atoms with Crippen molar-refractivity contribution in [2.24, 2.45) is 11.8 Å². The number of hydrogen-bond acceptors (Lipinski definition) is 6. The lowest BCUT2D eigenvalue weighted by Gasteiger charge is -2.35. The van der Waals surface area contributed by atoms with Crippen LogP contribution < -0.4 is 16.2 Å². The third-order valence-corrected chi connectivity index (χ3v) is 5.34. The van der Waals surface area contributed by atoms with E-state index >= 15 is 0 Å². The molecule has 0 saturated heterocycles. The zero-order chi connectivity index (χ0) is 20.8. The van der Waals surface area contributed by atoms with E-state index in [1.54, 1.807) is 0 Å². The summed E-state index contributed by atoms with van der Waals surface area (Å²) in [4.78, 5) is 34.4. The van der Waals surface area contributed by atoms with E-state index < -0.39 is 22.5 Å². The Bertz CT molecular complexity index is 785. The Labute approximate surface area is 168 Å². The number of methoxy groups -OCH3 is 1. The maximum atomic E-state index is 12.4. The number of benzene rings is 1. The molecule has 0 unspecified atom stereocenters. The Hall–Kier alpha value is -2.75. The SMILES string of the molecule is COC(=O)c1cc(C(=O)NNC(=S)N[C@H]2CCC[C@@H](C)[C@H]2C)cc([N+](=O)[O-])c1. The zero-order valence-electron chi connectivity index (χ0n) is 16.0. The quantitative estimate of drug-likeness (QED) is 0.300. The summed E-state index contributed by atoms with van der Waals surface area (Å²) in [5, 5.41) is 14.5. The highest BCUT2D eigenvalue weighted by molar-refractivity contribution is 7.80. The van der Waals surface area contributed by atoms with Crippen molar-refractivity contribution in [2.45, 2.75) is 39.2 Å². The third-order valence-electron chi connectivity index (χ3n) is 5.12. The highest BCUT2D eigenvalue weighted by Gasteiger charge is 2.27. The molecule has 0 radical (unpaired) electrons. The molecule has 0 bridgehead atoms. The number of hydrazine groups is 1. The van der Waals surface area contributed by atoms with Crippen LogP contribution in [0.3, 0.4) is 0 Å². The van der Waals surface area contributed by atoms with Crippen LogP contribution in [0.4, 0.5) is 5.69 Å². The van der Waals surface area contributed by atoms with E-state index in [9.17, 15) is 19.7 Å². The lowest BCUT2D eigenvalue weighted by atomic mass is 9.78. The van der Waals surface area contributed by atoms with Crippen LogP contribution in [-0.2, 0) is 4.74 Å². The van der Waals surface area contributed by atoms with Gasteiger partial charge in [-0.25, -0.2) is 4.79 Å². The molecule has 0 aliphatic heterocycles. The summed E-state index contributed by atoms with van der Waals surface area (Å²) in [6.45, 7) is 4.37. The van der Waals surface area contributed by atoms with Crippen molar-refractivity contribution in [2.75, 3.05) is 7.11 Å². The van der Waals surface area contributed by atoms with Crippen molar-refractivity contribution in [1.29, 1.82) is 0 Å². The summed E-state index contributed by atoms with van der Waals surface area (Å²) in [5.74, 6) is -0.403. The highest BCUT2D eigenvalue weighted by atomic mass is 32.1. The molecule has 1 fully saturated rings. The molecular formula is C18H24N4O5S. The summed E-state index contributed by atoms with van der Waals surface area (Å²) in [5.41, 5.74) is 4.46. The number of nitro benzene ring substituents is 1. The van der Waals surface area contributed by atoms with Crippen molar-refractivity contribution in [3.63, 3.8) is 0 Å². The first-order valence-electron chi connectivity index (χ1n) is 8.97. The van der Waals surface area contributed by atoms with Crippen molar-refractivity contribution in [3.8, 4) is 0 Å². The molecule has 28 heavy (non-hydrogen) atoms. The topological polar surface area (TPSA) is 123 Å². The second-order valence-electron chi connectivity index (χ2n) is 6.94. The van der Waals surface area contributed by atoms with Gasteiger partial charge in [-0.05, 0) is 36.5 Å². The fraction of sp³-hybridized carbons (Fsp3) is 0.500. The molecule has 10 heteroatoms. The molecule has 1 aliphatic rings. The van der Waals surface area contributed by atoms with Crippen molar-refractivity contribution in [1.82, 2.24) is 16.2 Å². The largest absolute Gasteiger partial charge is 0.465 e. The molecule has 3 atom stereocenters. The summed E-state index contributed by atoms with van der Waals surface area (Å²) < 4.78 is 4.57. The van der Waals surface area contributed by atoms with E-state index in [1.165, 1.54) is 12.5 Å². The molecule has 1 aliphatic carbocycles. The van der Waals surface area contributed by atoms with Gasteiger partial charge in [0, 0.05) is 23.7 Å². The maximum Gasteiger partial charge on any atom is 0.338 e. The van der Waals surface area contributed by atoms with Gasteiger partial charge >= 0.3 is 5.97 Å². The summed E-state index contributed by atoms with van der Waals surface area (Å²) >= 11 is 5.23. The fourth-order valence-corrected chi connectivity index (χ4v) is 3.46. The number of esters is 1. The second kappa shape index (κ2) is 9.45. The Kier molecular flexibility index (Phi) is 7.27. The van der Waals surface area contributed by atoms with E-state index in [1.807, 2.05) is 0 Å². The summed E-state index contributed by atoms with van der Waals surface area (Å²) in [7, 11) is 1.15. The predicted octanol–water partition coefficient (Wildman–Crippen LogP) is 2.31. The van der Waals surface area contributed by atoms with Crippen LogP contribution in [0.25, 0.3) is 0 Å². The van der Waals surface area contributed by atoms with Gasteiger partial charge in [0.1, 0.15) is 0 Å². The van der Waals surface area contributed by atoms with Crippen LogP contribution in [0.5, 0.6) is 0 Å². The van der Waals surface area contributed by atoms with Gasteiger partial charge in [0.15, 0.2) is 5.11 Å². The van der Waals surface area contributed by atoms with Crippen LogP contribution in [0.2, 0.25) is 0 Å². The van der Waals surface area contributed by atoms with Gasteiger partial charge < -0.3 is 10.1 Å². The first-order chi connectivity index (χ1) is 13.2. The maximum absolute atomic E-state index is 12.4. The third kappa shape index (κ3) is 5.38. The highest BCUT2D eigenvalue weighted by Crippen LogP contribution is 2.29. The molecule has 1 aromatic rings. The lowest BCUT2D eigenvalue weighted by molar-refractivity contribution is -0.384. The lowest BCUT2D eigenvalue weighted by Crippen LogP contribution is -2.52. The monoisotopic (exact) mass is 408 g/mol. The zero-order valence-corrected chi connectivity index (χ0v) is 16.8. The molecule has 3 N–H and O–H groups in total. The number of nitrogens with zero attached hydrogens (tertiary/aromatic N) is 1. The number of ether oxygens (including phenoxy) is 1. The number of non-ortho nitro benzene ring substituents is 1. The van der Waals surface area contributed by atoms with E-state index in [-0.39, 0.29) is 22.3 Å². The minimum absolute atomic E-state index is 0.0652. The van der Waals surface area contributed by atoms with Gasteiger partial charge in [-0.15, -0.1) is 0 Å². The molecule has 1 saturated carbocycles. The van der Waals surface area contributed by atoms with Gasteiger partial charge in [-0.1, -0.05) is 26.7 Å². The normalized spacial score (nSPS) is 21.3. The van der Waals surface area contributed by atoms with E-state index in [0.29, 0.717) is 11.8 Å². The van der Waals surface area contributed by atoms with E-state index in [4.69, 9.17) is 12.2 Å². The Morgan fingerprint density at radius 2 is 1.86 bits per heavy atom. The number of nitrogens with one attached hydrogen (secondary N) is 3. The van der Waals surface area contributed by atoms with Crippen LogP contribution >= 0.6 is 12.2 Å². The molecule has 9 nitrogen and oxygen atoms in total. The molecule has 2 rings (SSSR count). The van der Waals surface area contributed by atoms with Gasteiger partial charge in [0.05, 0.1) is 17.6 Å². The smallest absolute Gasteiger partial charge is 0.338 e. The number of carbonyl (C=O) groups excluding carboxylic acids is 2. The standard InChI is InChI=1S/C18H24N4O5S/c1-10-5-4-6-15(11(10)2)19-18(28)21-20-16(23)12-7-13(17(24)27-3)9-14(8-12)22(25)26/h7-11,15H,4-6H2,1-3H3,(H,20,23)(H2,19,21,28)/t10-,11-,15+/m1/s1. The summed E-state index contributed by atoms with van der Waals surface area (Å²) in [6, 6.07) is 3.56. The number of carbonyl (C=O) groups is 2. The summed E-state index contributed by atoms with van der Waals surface area (Å²) in [6.07, 6.45) is 3.29. The first-order valence-corrected chi connectivity index (χ1v) is 9.38. The molecule has 1 amide bonds. The average Bonchev–Trinajstić information content (AvgIpc) is 2.68. The van der Waals surface area contributed by atoms with Crippen molar-refractivity contribution >= 4 is 34.9 Å². The van der Waals surface area contributed by atoms with Gasteiger partial charge in [0.25, 0.3) is 11.6 Å². The van der Waals surface area contributed by atoms with Crippen LogP contribution in [-0.4, -0.2) is 35.1 Å². The van der Waals surface area contributed by atoms with Crippen LogP contribution in [0, 0.1) is 22.0 Å². The van der Waals surface area contributed by atoms with Crippen molar-refractivity contribution < 1.29 is 19.2 Å². The molecule has 0 heterocycles. The fourth-order valence-electron chi connectivity index (χ4n) is 3.26. The van der Waals surface area contributed by atoms with Gasteiger partial charge in [-0.3, -0.25) is 25.8 Å². The first kappa shape index (κ1) is 21.5. The van der Waals surface area contributed by atoms with Crippen molar-refractivity contribution in [3.05, 3.63) is 39.4 Å². The average molecular weight is 408 g/mol. The minimum Gasteiger partial charge on any atom is -0.465 e. The number of hydrogen-bond donors (Lipinski definition) is 3. The number of nitro groups is 1. The number of rotatable bonds is 4. The molecule has 0 spiro atoms. The van der Waals surface area contributed by atoms with Crippen LogP contribution in [0.15, 0.2) is 18.2 Å². The molecule has 0 aromatic heterocycles. The number of thiocarbonyl (C=S) groups is 1. The van der Waals surface area contributed by atoms with E-state index in [0.717, 1.165) is 32.1 Å². The molecule has 152 valence electrons. The molecular weight excluding hydrogens is 384 g/mol.